The number of nitrogens with one attached hydrogen (secondary N) is 1. The Kier molecular flexibility index (Phi) is 9.33. The number of hydrogen-bond acceptors (Lipinski definition) is 5. The number of carbonyl (C=O) groups is 1. The first-order valence-electron chi connectivity index (χ1n) is 13.0. The Bertz CT molecular complexity index is 1550. The van der Waals surface area contributed by atoms with E-state index in [1.54, 1.807) is 35.8 Å². The number of thiophene rings is 1. The number of carbonyl (C=O) groups excluding carboxylic acids is 1. The number of para-hydroxylation sites is 1. The fourth-order valence-electron chi connectivity index (χ4n) is 4.58. The lowest BCUT2D eigenvalue weighted by Crippen LogP contribution is -2.14. The van der Waals surface area contributed by atoms with Crippen LogP contribution in [0, 0.1) is 0 Å². The van der Waals surface area contributed by atoms with Crippen molar-refractivity contribution in [2.75, 3.05) is 11.9 Å². The zero-order valence-corrected chi connectivity index (χ0v) is 24.9. The Morgan fingerprint density at radius 3 is 2.58 bits per heavy atom. The molecule has 1 aliphatic rings. The molecule has 1 aromatic heterocycles. The van der Waals surface area contributed by atoms with Crippen LogP contribution in [0.25, 0.3) is 0 Å². The number of aryl methyl sites for hydroxylation is 1. The van der Waals surface area contributed by atoms with Crippen molar-refractivity contribution in [1.29, 1.82) is 0 Å². The predicted octanol–water partition coefficient (Wildman–Crippen LogP) is 9.57. The maximum atomic E-state index is 13.4. The minimum Gasteiger partial charge on any atom is -0.490 e. The van der Waals surface area contributed by atoms with Crippen molar-refractivity contribution >= 4 is 68.9 Å². The molecule has 0 spiro atoms. The zero-order valence-electron chi connectivity index (χ0n) is 21.8. The minimum atomic E-state index is -0.143. The first-order chi connectivity index (χ1) is 19.4. The van der Waals surface area contributed by atoms with Crippen molar-refractivity contribution in [3.63, 3.8) is 0 Å². The van der Waals surface area contributed by atoms with Crippen LogP contribution in [0.1, 0.15) is 51.7 Å². The summed E-state index contributed by atoms with van der Waals surface area (Å²) in [6.45, 7) is 2.52. The largest absolute Gasteiger partial charge is 0.490 e. The molecule has 1 N–H and O–H groups in total. The first-order valence-corrected chi connectivity index (χ1v) is 15.0. The van der Waals surface area contributed by atoms with E-state index in [2.05, 4.69) is 5.32 Å². The summed E-state index contributed by atoms with van der Waals surface area (Å²) in [5.74, 6) is 0.769. The third kappa shape index (κ3) is 6.64. The summed E-state index contributed by atoms with van der Waals surface area (Å²) in [6.07, 6.45) is 5.74. The highest BCUT2D eigenvalue weighted by Gasteiger charge is 2.25. The number of fused-ring (bicyclic) bond motifs is 1. The topological polar surface area (TPSA) is 59.9 Å². The summed E-state index contributed by atoms with van der Waals surface area (Å²) < 4.78 is 11.9. The summed E-state index contributed by atoms with van der Waals surface area (Å²) in [4.78, 5) is 19.4. The molecule has 206 valence electrons. The van der Waals surface area contributed by atoms with Crippen LogP contribution in [0.5, 0.6) is 11.5 Å². The Labute approximate surface area is 252 Å². The average molecular weight is 614 g/mol. The Balaban J connectivity index is 1.42. The van der Waals surface area contributed by atoms with Gasteiger partial charge in [0.25, 0.3) is 5.91 Å². The summed E-state index contributed by atoms with van der Waals surface area (Å²) in [5, 5.41) is 5.16. The molecule has 0 bridgehead atoms. The fraction of sp³-hybridized carbons (Fsp3) is 0.226. The van der Waals surface area contributed by atoms with Crippen LogP contribution in [-0.2, 0) is 19.4 Å². The van der Waals surface area contributed by atoms with Crippen molar-refractivity contribution in [2.24, 2.45) is 4.99 Å². The Morgan fingerprint density at radius 2 is 1.80 bits per heavy atom. The summed E-state index contributed by atoms with van der Waals surface area (Å²) in [6, 6.07) is 18.3. The molecule has 0 saturated heterocycles. The van der Waals surface area contributed by atoms with Gasteiger partial charge in [0.15, 0.2) is 11.5 Å². The number of anilines is 1. The maximum absolute atomic E-state index is 13.4. The molecule has 5 nitrogen and oxygen atoms in total. The van der Waals surface area contributed by atoms with E-state index in [9.17, 15) is 4.79 Å². The van der Waals surface area contributed by atoms with Crippen LogP contribution in [0.15, 0.2) is 65.7 Å². The van der Waals surface area contributed by atoms with Crippen molar-refractivity contribution in [3.05, 3.63) is 103 Å². The van der Waals surface area contributed by atoms with Gasteiger partial charge in [0.1, 0.15) is 11.6 Å². The number of benzene rings is 3. The van der Waals surface area contributed by atoms with Crippen LogP contribution >= 0.6 is 46.1 Å². The van der Waals surface area contributed by atoms with E-state index in [1.807, 2.05) is 49.4 Å². The number of ether oxygens (including phenoxy) is 2. The molecule has 5 rings (SSSR count). The van der Waals surface area contributed by atoms with Gasteiger partial charge in [-0.15, -0.1) is 11.3 Å². The van der Waals surface area contributed by atoms with Crippen LogP contribution in [-0.4, -0.2) is 18.7 Å². The van der Waals surface area contributed by atoms with Gasteiger partial charge in [-0.05, 0) is 80.1 Å². The van der Waals surface area contributed by atoms with Gasteiger partial charge in [0, 0.05) is 32.4 Å². The molecule has 0 atom stereocenters. The fourth-order valence-corrected chi connectivity index (χ4v) is 6.55. The molecule has 9 heteroatoms. The average Bonchev–Trinajstić information content (AvgIpc) is 3.32. The molecule has 0 aliphatic heterocycles. The number of halogens is 3. The number of nitrogens with zero attached hydrogens (tertiary/aromatic N) is 1. The quantitative estimate of drug-likeness (QED) is 0.191. The molecule has 1 aliphatic carbocycles. The lowest BCUT2D eigenvalue weighted by Gasteiger charge is -2.15. The van der Waals surface area contributed by atoms with Gasteiger partial charge in [0.2, 0.25) is 0 Å². The highest BCUT2D eigenvalue weighted by molar-refractivity contribution is 7.16. The lowest BCUT2D eigenvalue weighted by atomic mass is 9.95. The molecule has 0 saturated carbocycles. The highest BCUT2D eigenvalue weighted by atomic mass is 35.5. The predicted molar refractivity (Wildman–Crippen MR) is 166 cm³/mol. The van der Waals surface area contributed by atoms with Crippen molar-refractivity contribution in [3.8, 4) is 11.5 Å². The van der Waals surface area contributed by atoms with E-state index in [1.165, 1.54) is 4.88 Å². The second kappa shape index (κ2) is 13.1. The lowest BCUT2D eigenvalue weighted by molar-refractivity contribution is 0.102. The Hall–Kier alpha value is -3.03. The van der Waals surface area contributed by atoms with E-state index in [0.29, 0.717) is 43.7 Å². The van der Waals surface area contributed by atoms with Gasteiger partial charge in [-0.25, -0.2) is 4.99 Å². The van der Waals surface area contributed by atoms with Gasteiger partial charge in [-0.1, -0.05) is 59.1 Å². The summed E-state index contributed by atoms with van der Waals surface area (Å²) >= 11 is 20.6. The van der Waals surface area contributed by atoms with Crippen molar-refractivity contribution < 1.29 is 14.3 Å². The van der Waals surface area contributed by atoms with Crippen LogP contribution in [0.4, 0.5) is 10.7 Å². The standard InChI is InChI=1S/C31H27Cl3N2O3S/c1-2-38-26-15-19(14-25(34)29(26)39-18-20-12-13-21(32)16-24(20)33)17-35-31-28(23-10-6-7-11-27(23)40-31)30(37)36-22-8-4-3-5-9-22/h3-5,8-9,12-17H,2,6-7,10-11,18H2,1H3,(H,36,37). The SMILES string of the molecule is CCOc1cc(C=Nc2sc3c(c2C(=O)Nc2ccccc2)CCCC3)cc(Cl)c1OCc1ccc(Cl)cc1Cl. The van der Waals surface area contributed by atoms with Gasteiger partial charge in [-0.3, -0.25) is 4.79 Å². The zero-order chi connectivity index (χ0) is 28.1. The number of hydrogen-bond donors (Lipinski definition) is 1. The van der Waals surface area contributed by atoms with E-state index in [4.69, 9.17) is 49.3 Å². The molecule has 1 amide bonds. The summed E-state index contributed by atoms with van der Waals surface area (Å²) in [5.41, 5.74) is 4.01. The van der Waals surface area contributed by atoms with E-state index in [0.717, 1.165) is 48.1 Å². The number of rotatable bonds is 9. The Morgan fingerprint density at radius 1 is 1.00 bits per heavy atom. The summed E-state index contributed by atoms with van der Waals surface area (Å²) in [7, 11) is 0. The minimum absolute atomic E-state index is 0.143. The smallest absolute Gasteiger partial charge is 0.259 e. The van der Waals surface area contributed by atoms with Gasteiger partial charge in [0.05, 0.1) is 17.2 Å². The normalized spacial score (nSPS) is 12.8. The van der Waals surface area contributed by atoms with Crippen LogP contribution < -0.4 is 14.8 Å². The van der Waals surface area contributed by atoms with Gasteiger partial charge >= 0.3 is 0 Å². The second-order valence-corrected chi connectivity index (χ2v) is 11.6. The van der Waals surface area contributed by atoms with Gasteiger partial charge < -0.3 is 14.8 Å². The molecule has 0 unspecified atom stereocenters. The second-order valence-electron chi connectivity index (χ2n) is 9.26. The number of aliphatic imine (C=N–C) groups is 1. The van der Waals surface area contributed by atoms with Crippen molar-refractivity contribution in [1.82, 2.24) is 0 Å². The van der Waals surface area contributed by atoms with E-state index in [-0.39, 0.29) is 12.5 Å². The molecule has 1 heterocycles. The molecular weight excluding hydrogens is 587 g/mol. The third-order valence-corrected chi connectivity index (χ3v) is 8.53. The molecule has 4 aromatic rings. The first kappa shape index (κ1) is 28.5. The van der Waals surface area contributed by atoms with Crippen LogP contribution in [0.3, 0.4) is 0 Å². The van der Waals surface area contributed by atoms with Crippen LogP contribution in [0.2, 0.25) is 15.1 Å². The molecule has 40 heavy (non-hydrogen) atoms. The van der Waals surface area contributed by atoms with E-state index < -0.39 is 0 Å². The highest BCUT2D eigenvalue weighted by Crippen LogP contribution is 2.41. The monoisotopic (exact) mass is 612 g/mol. The van der Waals surface area contributed by atoms with Gasteiger partial charge in [-0.2, -0.15) is 0 Å². The number of amides is 1. The van der Waals surface area contributed by atoms with E-state index >= 15 is 0 Å². The molecule has 3 aromatic carbocycles. The third-order valence-electron chi connectivity index (χ3n) is 6.46. The molecule has 0 fully saturated rings. The molecule has 0 radical (unpaired) electrons. The van der Waals surface area contributed by atoms with Crippen molar-refractivity contribution in [2.45, 2.75) is 39.2 Å². The molecular formula is C31H27Cl3N2O3S. The maximum Gasteiger partial charge on any atom is 0.259 e.